The smallest absolute Gasteiger partial charge is 0.287 e. The van der Waals surface area contributed by atoms with E-state index in [1.54, 1.807) is 30.6 Å². The number of furan rings is 1. The minimum absolute atomic E-state index is 0.0843. The van der Waals surface area contributed by atoms with Crippen molar-refractivity contribution in [2.75, 3.05) is 11.4 Å². The summed E-state index contributed by atoms with van der Waals surface area (Å²) >= 11 is 0. The lowest BCUT2D eigenvalue weighted by Gasteiger charge is -2.33. The first-order valence-corrected chi connectivity index (χ1v) is 11.9. The van der Waals surface area contributed by atoms with Crippen molar-refractivity contribution >= 4 is 23.4 Å². The van der Waals surface area contributed by atoms with Crippen LogP contribution in [0, 0.1) is 13.8 Å². The summed E-state index contributed by atoms with van der Waals surface area (Å²) < 4.78 is 5.13. The molecule has 0 unspecified atom stereocenters. The number of rotatable bonds is 8. The maximum atomic E-state index is 13.7. The topological polar surface area (TPSA) is 105 Å². The number of nitrogens with one attached hydrogen (secondary N) is 2. The van der Waals surface area contributed by atoms with E-state index in [1.165, 1.54) is 17.2 Å². The third kappa shape index (κ3) is 5.59. The first-order chi connectivity index (χ1) is 17.0. The largest absolute Gasteiger partial charge is 0.459 e. The van der Waals surface area contributed by atoms with Gasteiger partial charge in [-0.3, -0.25) is 24.3 Å². The summed E-state index contributed by atoms with van der Waals surface area (Å²) in [6.07, 6.45) is 8.60. The molecule has 3 amide bonds. The van der Waals surface area contributed by atoms with Crippen LogP contribution in [0.15, 0.2) is 65.5 Å². The molecule has 1 aliphatic rings. The van der Waals surface area contributed by atoms with Gasteiger partial charge in [-0.15, -0.1) is 0 Å². The van der Waals surface area contributed by atoms with Crippen LogP contribution < -0.4 is 15.5 Å². The Morgan fingerprint density at radius 3 is 2.49 bits per heavy atom. The van der Waals surface area contributed by atoms with Gasteiger partial charge in [-0.05, 0) is 73.7 Å². The number of hydrogen-bond donors (Lipinski definition) is 2. The van der Waals surface area contributed by atoms with Gasteiger partial charge in [-0.2, -0.15) is 0 Å². The zero-order chi connectivity index (χ0) is 24.8. The predicted molar refractivity (Wildman–Crippen MR) is 132 cm³/mol. The van der Waals surface area contributed by atoms with Crippen LogP contribution in [0.5, 0.6) is 0 Å². The van der Waals surface area contributed by atoms with E-state index in [4.69, 9.17) is 4.42 Å². The summed E-state index contributed by atoms with van der Waals surface area (Å²) in [5, 5.41) is 5.77. The lowest BCUT2D eigenvalue weighted by molar-refractivity contribution is -0.126. The molecule has 3 aromatic rings. The van der Waals surface area contributed by atoms with E-state index in [0.29, 0.717) is 11.3 Å². The number of pyridine rings is 1. The van der Waals surface area contributed by atoms with Crippen molar-refractivity contribution < 1.29 is 18.8 Å². The van der Waals surface area contributed by atoms with E-state index in [0.717, 1.165) is 36.8 Å². The quantitative estimate of drug-likeness (QED) is 0.516. The normalized spacial score (nSPS) is 14.3. The maximum absolute atomic E-state index is 13.7. The number of anilines is 1. The van der Waals surface area contributed by atoms with Crippen molar-refractivity contribution in [3.63, 3.8) is 0 Å². The summed E-state index contributed by atoms with van der Waals surface area (Å²) in [5.74, 6) is -1.06. The second-order valence-corrected chi connectivity index (χ2v) is 8.82. The minimum atomic E-state index is -0.924. The summed E-state index contributed by atoms with van der Waals surface area (Å²) in [4.78, 5) is 45.4. The average Bonchev–Trinajstić information content (AvgIpc) is 3.58. The van der Waals surface area contributed by atoms with Crippen LogP contribution in [-0.2, 0) is 9.59 Å². The summed E-state index contributed by atoms with van der Waals surface area (Å²) in [6.45, 7) is 3.58. The fourth-order valence-corrected chi connectivity index (χ4v) is 4.46. The number of carbonyl (C=O) groups excluding carboxylic acids is 3. The van der Waals surface area contributed by atoms with Crippen molar-refractivity contribution in [3.8, 4) is 0 Å². The Labute approximate surface area is 204 Å². The van der Waals surface area contributed by atoms with Crippen LogP contribution in [-0.4, -0.2) is 35.3 Å². The monoisotopic (exact) mass is 474 g/mol. The number of aromatic nitrogens is 1. The van der Waals surface area contributed by atoms with E-state index in [-0.39, 0.29) is 24.3 Å². The second kappa shape index (κ2) is 11.0. The van der Waals surface area contributed by atoms with Gasteiger partial charge in [0.15, 0.2) is 5.76 Å². The number of benzene rings is 1. The van der Waals surface area contributed by atoms with E-state index in [2.05, 4.69) is 15.6 Å². The fraction of sp³-hybridized carbons (Fsp3) is 0.333. The Kier molecular flexibility index (Phi) is 7.60. The van der Waals surface area contributed by atoms with E-state index < -0.39 is 17.9 Å². The lowest BCUT2D eigenvalue weighted by Crippen LogP contribution is -2.49. The van der Waals surface area contributed by atoms with E-state index in [9.17, 15) is 14.4 Å². The third-order valence-corrected chi connectivity index (χ3v) is 6.48. The minimum Gasteiger partial charge on any atom is -0.459 e. The number of amides is 3. The molecule has 1 aromatic carbocycles. The lowest BCUT2D eigenvalue weighted by atomic mass is 10.0. The number of aryl methyl sites for hydroxylation is 1. The number of hydrogen-bond acceptors (Lipinski definition) is 5. The predicted octanol–water partition coefficient (Wildman–Crippen LogP) is 3.85. The average molecular weight is 475 g/mol. The highest BCUT2D eigenvalue weighted by Gasteiger charge is 2.35. The molecule has 35 heavy (non-hydrogen) atoms. The molecule has 2 heterocycles. The molecular weight excluding hydrogens is 444 g/mol. The highest BCUT2D eigenvalue weighted by atomic mass is 16.3. The van der Waals surface area contributed by atoms with Crippen LogP contribution in [0.4, 0.5) is 5.69 Å². The molecule has 8 nitrogen and oxygen atoms in total. The first-order valence-electron chi connectivity index (χ1n) is 11.9. The van der Waals surface area contributed by atoms with Crippen LogP contribution in [0.25, 0.3) is 0 Å². The van der Waals surface area contributed by atoms with Gasteiger partial charge in [0.05, 0.1) is 12.8 Å². The molecule has 2 aromatic heterocycles. The SMILES string of the molecule is Cc1cccc(N(C(=O)CNC(=O)c2ccco2)[C@H](C(=O)NC2CCCC2)c2ccncc2)c1C. The van der Waals surface area contributed by atoms with Gasteiger partial charge in [0, 0.05) is 24.1 Å². The Bertz CT molecular complexity index is 1170. The van der Waals surface area contributed by atoms with Crippen molar-refractivity contribution in [3.05, 3.63) is 83.6 Å². The van der Waals surface area contributed by atoms with Crippen LogP contribution in [0.2, 0.25) is 0 Å². The first kappa shape index (κ1) is 24.2. The van der Waals surface area contributed by atoms with Crippen molar-refractivity contribution in [1.82, 2.24) is 15.6 Å². The highest BCUT2D eigenvalue weighted by Crippen LogP contribution is 2.32. The molecule has 0 saturated heterocycles. The fourth-order valence-electron chi connectivity index (χ4n) is 4.46. The third-order valence-electron chi connectivity index (χ3n) is 6.48. The van der Waals surface area contributed by atoms with Crippen LogP contribution in [0.1, 0.15) is 59.0 Å². The summed E-state index contributed by atoms with van der Waals surface area (Å²) in [6, 6.07) is 11.4. The summed E-state index contributed by atoms with van der Waals surface area (Å²) in [5.41, 5.74) is 3.13. The zero-order valence-corrected chi connectivity index (χ0v) is 20.0. The van der Waals surface area contributed by atoms with Gasteiger partial charge >= 0.3 is 0 Å². The highest BCUT2D eigenvalue weighted by molar-refractivity contribution is 6.04. The number of nitrogens with zero attached hydrogens (tertiary/aromatic N) is 2. The number of carbonyl (C=O) groups is 3. The van der Waals surface area contributed by atoms with Gasteiger partial charge in [0.25, 0.3) is 5.91 Å². The molecule has 0 aliphatic heterocycles. The Hall–Kier alpha value is -3.94. The second-order valence-electron chi connectivity index (χ2n) is 8.82. The van der Waals surface area contributed by atoms with Gasteiger partial charge in [0.2, 0.25) is 11.8 Å². The van der Waals surface area contributed by atoms with Crippen molar-refractivity contribution in [2.45, 2.75) is 51.6 Å². The molecule has 1 saturated carbocycles. The standard InChI is InChI=1S/C27H30N4O4/c1-18-7-5-10-22(19(18)2)31(24(32)17-29-26(33)23-11-6-16-35-23)25(20-12-14-28-15-13-20)27(34)30-21-8-3-4-9-21/h5-7,10-16,21,25H,3-4,8-9,17H2,1-2H3,(H,29,33)(H,30,34)/t25-/m0/s1. The van der Waals surface area contributed by atoms with Gasteiger partial charge in [0.1, 0.15) is 6.04 Å². The maximum Gasteiger partial charge on any atom is 0.287 e. The zero-order valence-electron chi connectivity index (χ0n) is 20.0. The van der Waals surface area contributed by atoms with Gasteiger partial charge in [-0.25, -0.2) is 0 Å². The molecule has 8 heteroatoms. The molecule has 1 atom stereocenters. The molecule has 0 bridgehead atoms. The molecule has 2 N–H and O–H groups in total. The Balaban J connectivity index is 1.70. The van der Waals surface area contributed by atoms with Gasteiger partial charge < -0.3 is 15.1 Å². The van der Waals surface area contributed by atoms with Crippen LogP contribution >= 0.6 is 0 Å². The Morgan fingerprint density at radius 2 is 1.80 bits per heavy atom. The molecule has 0 radical (unpaired) electrons. The molecule has 1 aliphatic carbocycles. The molecule has 4 rings (SSSR count). The molecule has 0 spiro atoms. The van der Waals surface area contributed by atoms with Crippen molar-refractivity contribution in [1.29, 1.82) is 0 Å². The summed E-state index contributed by atoms with van der Waals surface area (Å²) in [7, 11) is 0. The van der Waals surface area contributed by atoms with E-state index >= 15 is 0 Å². The molecule has 1 fully saturated rings. The molecule has 182 valence electrons. The molecular formula is C27H30N4O4. The van der Waals surface area contributed by atoms with Crippen molar-refractivity contribution in [2.24, 2.45) is 0 Å². The van der Waals surface area contributed by atoms with Gasteiger partial charge in [-0.1, -0.05) is 25.0 Å². The van der Waals surface area contributed by atoms with E-state index in [1.807, 2.05) is 32.0 Å². The van der Waals surface area contributed by atoms with Crippen LogP contribution in [0.3, 0.4) is 0 Å². The Morgan fingerprint density at radius 1 is 1.06 bits per heavy atom.